The van der Waals surface area contributed by atoms with Crippen molar-refractivity contribution in [3.63, 3.8) is 0 Å². The van der Waals surface area contributed by atoms with E-state index in [0.29, 0.717) is 5.56 Å². The van der Waals surface area contributed by atoms with Crippen molar-refractivity contribution in [1.82, 2.24) is 10.2 Å². The molecule has 1 atom stereocenters. The highest BCUT2D eigenvalue weighted by Gasteiger charge is 2.48. The Kier molecular flexibility index (Phi) is 4.52. The van der Waals surface area contributed by atoms with E-state index in [9.17, 15) is 18.0 Å². The lowest BCUT2D eigenvalue weighted by Crippen LogP contribution is -2.41. The lowest BCUT2D eigenvalue weighted by Gasteiger charge is -2.24. The summed E-state index contributed by atoms with van der Waals surface area (Å²) < 4.78 is 22.6. The number of carbonyl (C=O) groups is 2. The SMILES string of the molecule is CC(C)(C)c1ccc(C2(C)NC(=O)N(CCS(C)(=O)=O)C2=O)cc1. The van der Waals surface area contributed by atoms with Crippen molar-refractivity contribution in [3.05, 3.63) is 35.4 Å². The quantitative estimate of drug-likeness (QED) is 0.838. The molecule has 1 aromatic rings. The fraction of sp³-hybridized carbons (Fsp3) is 0.529. The summed E-state index contributed by atoms with van der Waals surface area (Å²) in [5.74, 6) is -0.676. The van der Waals surface area contributed by atoms with Gasteiger partial charge in [-0.2, -0.15) is 0 Å². The van der Waals surface area contributed by atoms with Gasteiger partial charge in [-0.05, 0) is 23.5 Å². The number of hydrogen-bond acceptors (Lipinski definition) is 4. The minimum absolute atomic E-state index is 0.0100. The molecule has 1 saturated heterocycles. The van der Waals surface area contributed by atoms with E-state index in [2.05, 4.69) is 26.1 Å². The molecule has 3 amide bonds. The van der Waals surface area contributed by atoms with Crippen LogP contribution in [-0.2, 0) is 25.6 Å². The van der Waals surface area contributed by atoms with Crippen molar-refractivity contribution in [2.45, 2.75) is 38.6 Å². The van der Waals surface area contributed by atoms with Crippen LogP contribution in [0.4, 0.5) is 4.79 Å². The lowest BCUT2D eigenvalue weighted by atomic mass is 9.84. The van der Waals surface area contributed by atoms with Crippen LogP contribution in [0.1, 0.15) is 38.8 Å². The van der Waals surface area contributed by atoms with Crippen LogP contribution in [0.3, 0.4) is 0 Å². The number of rotatable bonds is 4. The molecule has 24 heavy (non-hydrogen) atoms. The summed E-state index contributed by atoms with van der Waals surface area (Å²) in [6, 6.07) is 6.99. The van der Waals surface area contributed by atoms with Gasteiger partial charge in [0.2, 0.25) is 0 Å². The molecule has 1 fully saturated rings. The molecule has 6 nitrogen and oxygen atoms in total. The molecule has 132 valence electrons. The zero-order valence-corrected chi connectivity index (χ0v) is 15.5. The number of carbonyl (C=O) groups excluding carboxylic acids is 2. The summed E-state index contributed by atoms with van der Waals surface area (Å²) >= 11 is 0. The summed E-state index contributed by atoms with van der Waals surface area (Å²) in [6.45, 7) is 7.79. The minimum Gasteiger partial charge on any atom is -0.319 e. The fourth-order valence-electron chi connectivity index (χ4n) is 2.66. The number of hydrogen-bond donors (Lipinski definition) is 1. The number of sulfone groups is 1. The third-order valence-electron chi connectivity index (χ3n) is 4.29. The fourth-order valence-corrected chi connectivity index (χ4v) is 3.17. The second-order valence-electron chi connectivity index (χ2n) is 7.47. The van der Waals surface area contributed by atoms with E-state index in [1.54, 1.807) is 6.92 Å². The molecule has 0 bridgehead atoms. The van der Waals surface area contributed by atoms with Gasteiger partial charge >= 0.3 is 6.03 Å². The summed E-state index contributed by atoms with van der Waals surface area (Å²) in [6.07, 6.45) is 1.08. The molecule has 1 aromatic carbocycles. The largest absolute Gasteiger partial charge is 0.325 e. The van der Waals surface area contributed by atoms with Gasteiger partial charge in [0.05, 0.1) is 5.75 Å². The number of imide groups is 1. The normalized spacial score (nSPS) is 22.0. The van der Waals surface area contributed by atoms with Crippen LogP contribution in [0.5, 0.6) is 0 Å². The molecule has 1 aliphatic rings. The molecule has 0 aromatic heterocycles. The van der Waals surface area contributed by atoms with Crippen LogP contribution in [0, 0.1) is 0 Å². The Bertz CT molecular complexity index is 763. The molecule has 0 radical (unpaired) electrons. The first-order valence-electron chi connectivity index (χ1n) is 7.77. The summed E-state index contributed by atoms with van der Waals surface area (Å²) in [5, 5.41) is 2.68. The minimum atomic E-state index is -3.26. The summed E-state index contributed by atoms with van der Waals surface area (Å²) in [7, 11) is -3.26. The van der Waals surface area contributed by atoms with Gasteiger partial charge in [-0.1, -0.05) is 45.0 Å². The van der Waals surface area contributed by atoms with Crippen molar-refractivity contribution >= 4 is 21.8 Å². The molecule has 1 aliphatic heterocycles. The number of benzene rings is 1. The van der Waals surface area contributed by atoms with Gasteiger partial charge in [0.15, 0.2) is 0 Å². The Morgan fingerprint density at radius 1 is 1.12 bits per heavy atom. The van der Waals surface area contributed by atoms with Crippen LogP contribution in [0.15, 0.2) is 24.3 Å². The van der Waals surface area contributed by atoms with Gasteiger partial charge in [-0.15, -0.1) is 0 Å². The number of nitrogens with zero attached hydrogens (tertiary/aromatic N) is 1. The molecule has 0 saturated carbocycles. The average molecular weight is 352 g/mol. The lowest BCUT2D eigenvalue weighted by molar-refractivity contribution is -0.130. The molecular weight excluding hydrogens is 328 g/mol. The Morgan fingerprint density at radius 3 is 2.12 bits per heavy atom. The monoisotopic (exact) mass is 352 g/mol. The van der Waals surface area contributed by atoms with Crippen molar-refractivity contribution in [1.29, 1.82) is 0 Å². The zero-order valence-electron chi connectivity index (χ0n) is 14.7. The first-order valence-corrected chi connectivity index (χ1v) is 9.83. The first-order chi connectivity index (χ1) is 10.8. The van der Waals surface area contributed by atoms with Gasteiger partial charge in [0.1, 0.15) is 15.4 Å². The number of nitrogens with one attached hydrogen (secondary N) is 1. The highest BCUT2D eigenvalue weighted by atomic mass is 32.2. The molecule has 1 N–H and O–H groups in total. The topological polar surface area (TPSA) is 83.6 Å². The molecular formula is C17H24N2O4S. The maximum atomic E-state index is 12.7. The van der Waals surface area contributed by atoms with Crippen LogP contribution in [-0.4, -0.2) is 43.8 Å². The van der Waals surface area contributed by atoms with Crippen LogP contribution in [0.2, 0.25) is 0 Å². The molecule has 0 aliphatic carbocycles. The highest BCUT2D eigenvalue weighted by Crippen LogP contribution is 2.31. The van der Waals surface area contributed by atoms with E-state index in [1.165, 1.54) is 0 Å². The second kappa shape index (κ2) is 5.88. The highest BCUT2D eigenvalue weighted by molar-refractivity contribution is 7.90. The van der Waals surface area contributed by atoms with Crippen LogP contribution >= 0.6 is 0 Å². The first kappa shape index (κ1) is 18.4. The predicted octanol–water partition coefficient (Wildman–Crippen LogP) is 1.80. The Morgan fingerprint density at radius 2 is 1.67 bits per heavy atom. The van der Waals surface area contributed by atoms with Crippen molar-refractivity contribution in [3.8, 4) is 0 Å². The van der Waals surface area contributed by atoms with E-state index in [1.807, 2.05) is 24.3 Å². The van der Waals surface area contributed by atoms with Gasteiger partial charge in [-0.25, -0.2) is 13.2 Å². The maximum absolute atomic E-state index is 12.7. The zero-order chi connectivity index (χ0) is 18.3. The molecule has 7 heteroatoms. The van der Waals surface area contributed by atoms with E-state index in [0.717, 1.165) is 16.7 Å². The Hall–Kier alpha value is -1.89. The standard InChI is InChI=1S/C17H24N2O4S/c1-16(2,3)12-6-8-13(9-7-12)17(4)14(20)19(15(21)18-17)10-11-24(5,22)23/h6-9H,10-11H2,1-5H3,(H,18,21). The van der Waals surface area contributed by atoms with Crippen molar-refractivity contribution in [2.24, 2.45) is 0 Å². The van der Waals surface area contributed by atoms with E-state index >= 15 is 0 Å². The number of amides is 3. The van der Waals surface area contributed by atoms with Gasteiger partial charge in [0, 0.05) is 12.8 Å². The van der Waals surface area contributed by atoms with Gasteiger partial charge in [-0.3, -0.25) is 9.69 Å². The van der Waals surface area contributed by atoms with E-state index in [4.69, 9.17) is 0 Å². The Balaban J connectivity index is 2.27. The van der Waals surface area contributed by atoms with Crippen molar-refractivity contribution < 1.29 is 18.0 Å². The predicted molar refractivity (Wildman–Crippen MR) is 92.4 cm³/mol. The third kappa shape index (κ3) is 3.61. The molecule has 2 rings (SSSR count). The Labute approximate surface area is 143 Å². The summed E-state index contributed by atoms with van der Waals surface area (Å²) in [5.41, 5.74) is 0.616. The van der Waals surface area contributed by atoms with Crippen LogP contribution < -0.4 is 5.32 Å². The van der Waals surface area contributed by atoms with E-state index < -0.39 is 27.3 Å². The third-order valence-corrected chi connectivity index (χ3v) is 5.21. The molecule has 1 heterocycles. The number of urea groups is 1. The second-order valence-corrected chi connectivity index (χ2v) is 9.73. The average Bonchev–Trinajstić information content (AvgIpc) is 2.66. The smallest absolute Gasteiger partial charge is 0.319 e. The summed E-state index contributed by atoms with van der Waals surface area (Å²) in [4.78, 5) is 25.8. The van der Waals surface area contributed by atoms with Crippen LogP contribution in [0.25, 0.3) is 0 Å². The van der Waals surface area contributed by atoms with Gasteiger partial charge < -0.3 is 5.32 Å². The molecule has 1 unspecified atom stereocenters. The molecule has 0 spiro atoms. The maximum Gasteiger partial charge on any atom is 0.325 e. The van der Waals surface area contributed by atoms with Gasteiger partial charge in [0.25, 0.3) is 5.91 Å². The van der Waals surface area contributed by atoms with E-state index in [-0.39, 0.29) is 17.7 Å². The van der Waals surface area contributed by atoms with Crippen molar-refractivity contribution in [2.75, 3.05) is 18.6 Å².